The van der Waals surface area contributed by atoms with E-state index in [4.69, 9.17) is 5.73 Å². The Kier molecular flexibility index (Phi) is 2.86. The van der Waals surface area contributed by atoms with Gasteiger partial charge < -0.3 is 5.73 Å². The molecule has 2 nitrogen and oxygen atoms in total. The summed E-state index contributed by atoms with van der Waals surface area (Å²) < 4.78 is 14.5. The molecule has 1 aromatic carbocycles. The Bertz CT molecular complexity index is 588. The first kappa shape index (κ1) is 12.3. The maximum atomic E-state index is 13.6. The predicted octanol–water partition coefficient (Wildman–Crippen LogP) is 4.02. The number of nitrogens with zero attached hydrogens (tertiary/aromatic N) is 1. The van der Waals surface area contributed by atoms with Crippen LogP contribution in [0.2, 0.25) is 0 Å². The lowest BCUT2D eigenvalue weighted by atomic mass is 9.86. The average molecular weight is 297 g/mol. The number of pyridine rings is 1. The van der Waals surface area contributed by atoms with Gasteiger partial charge in [0.2, 0.25) is 0 Å². The normalized spacial score (nSPS) is 12.1. The highest BCUT2D eigenvalue weighted by Crippen LogP contribution is 2.33. The highest BCUT2D eigenvalue weighted by molar-refractivity contribution is 9.10. The van der Waals surface area contributed by atoms with Crippen LogP contribution in [0.4, 0.5) is 10.2 Å². The van der Waals surface area contributed by atoms with Gasteiger partial charge in [-0.25, -0.2) is 9.37 Å². The van der Waals surface area contributed by atoms with E-state index in [0.717, 1.165) is 15.4 Å². The van der Waals surface area contributed by atoms with Crippen LogP contribution < -0.4 is 5.73 Å². The van der Waals surface area contributed by atoms with Gasteiger partial charge in [0.05, 0.1) is 0 Å². The topological polar surface area (TPSA) is 38.9 Å². The van der Waals surface area contributed by atoms with Crippen molar-refractivity contribution in [2.75, 3.05) is 5.73 Å². The lowest BCUT2D eigenvalue weighted by Gasteiger charge is -2.21. The molecular weight excluding hydrogens is 283 g/mol. The second-order valence-corrected chi connectivity index (χ2v) is 5.95. The monoisotopic (exact) mass is 296 g/mol. The number of aromatic nitrogens is 1. The minimum Gasteiger partial charge on any atom is -0.383 e. The van der Waals surface area contributed by atoms with Crippen LogP contribution in [-0.2, 0) is 5.41 Å². The van der Waals surface area contributed by atoms with E-state index in [-0.39, 0.29) is 11.2 Å². The molecule has 0 unspecified atom stereocenters. The van der Waals surface area contributed by atoms with Crippen LogP contribution in [0.1, 0.15) is 26.3 Å². The summed E-state index contributed by atoms with van der Waals surface area (Å²) in [6.07, 6.45) is 0. The molecule has 0 atom stereocenters. The molecule has 2 aromatic rings. The van der Waals surface area contributed by atoms with Crippen LogP contribution >= 0.6 is 15.9 Å². The summed E-state index contributed by atoms with van der Waals surface area (Å²) in [5.41, 5.74) is 7.02. The molecule has 0 aliphatic rings. The Morgan fingerprint density at radius 3 is 2.53 bits per heavy atom. The van der Waals surface area contributed by atoms with Gasteiger partial charge in [-0.3, -0.25) is 0 Å². The molecule has 0 aliphatic heterocycles. The molecular formula is C13H14BrFN2. The summed E-state index contributed by atoms with van der Waals surface area (Å²) in [6.45, 7) is 6.16. The zero-order valence-corrected chi connectivity index (χ0v) is 11.6. The van der Waals surface area contributed by atoms with Crippen LogP contribution in [0.25, 0.3) is 10.9 Å². The number of anilines is 1. The van der Waals surface area contributed by atoms with Gasteiger partial charge in [-0.05, 0) is 23.6 Å². The smallest absolute Gasteiger partial charge is 0.149 e. The second kappa shape index (κ2) is 3.95. The molecule has 0 aliphatic carbocycles. The highest BCUT2D eigenvalue weighted by atomic mass is 79.9. The van der Waals surface area contributed by atoms with E-state index in [1.54, 1.807) is 6.07 Å². The maximum absolute atomic E-state index is 13.6. The van der Waals surface area contributed by atoms with Crippen LogP contribution in [-0.4, -0.2) is 4.98 Å². The molecule has 1 heterocycles. The fraction of sp³-hybridized carbons (Fsp3) is 0.308. The van der Waals surface area contributed by atoms with Gasteiger partial charge in [-0.1, -0.05) is 36.7 Å². The maximum Gasteiger partial charge on any atom is 0.149 e. The molecule has 2 N–H and O–H groups in total. The summed E-state index contributed by atoms with van der Waals surface area (Å²) >= 11 is 3.41. The molecule has 0 radical (unpaired) electrons. The fourth-order valence-corrected chi connectivity index (χ4v) is 2.24. The van der Waals surface area contributed by atoms with Gasteiger partial charge in [-0.2, -0.15) is 0 Å². The van der Waals surface area contributed by atoms with Gasteiger partial charge in [0.1, 0.15) is 17.2 Å². The van der Waals surface area contributed by atoms with Crippen LogP contribution in [0.15, 0.2) is 22.7 Å². The average Bonchev–Trinajstić information content (AvgIpc) is 2.21. The third-order valence-electron chi connectivity index (χ3n) is 2.72. The van der Waals surface area contributed by atoms with E-state index in [2.05, 4.69) is 41.7 Å². The van der Waals surface area contributed by atoms with Gasteiger partial charge in [0, 0.05) is 15.4 Å². The minimum absolute atomic E-state index is 0.114. The molecule has 0 saturated heterocycles. The van der Waals surface area contributed by atoms with Gasteiger partial charge in [-0.15, -0.1) is 0 Å². The fourth-order valence-electron chi connectivity index (χ4n) is 1.81. The number of halogens is 2. The molecule has 0 spiro atoms. The highest BCUT2D eigenvalue weighted by Gasteiger charge is 2.20. The van der Waals surface area contributed by atoms with Crippen molar-refractivity contribution in [1.29, 1.82) is 0 Å². The first-order chi connectivity index (χ1) is 7.80. The van der Waals surface area contributed by atoms with E-state index in [1.165, 1.54) is 6.07 Å². The van der Waals surface area contributed by atoms with Crippen molar-refractivity contribution < 1.29 is 4.39 Å². The Morgan fingerprint density at radius 1 is 1.29 bits per heavy atom. The van der Waals surface area contributed by atoms with Crippen molar-refractivity contribution in [3.05, 3.63) is 34.1 Å². The first-order valence-electron chi connectivity index (χ1n) is 5.35. The van der Waals surface area contributed by atoms with E-state index in [1.807, 2.05) is 6.07 Å². The predicted molar refractivity (Wildman–Crippen MR) is 72.5 cm³/mol. The van der Waals surface area contributed by atoms with E-state index >= 15 is 0 Å². The van der Waals surface area contributed by atoms with Crippen molar-refractivity contribution in [2.45, 2.75) is 26.2 Å². The number of benzene rings is 1. The van der Waals surface area contributed by atoms with Crippen LogP contribution in [0.5, 0.6) is 0 Å². The molecule has 0 saturated carbocycles. The molecule has 0 amide bonds. The standard InChI is InChI=1S/C13H14BrFN2/c1-13(2,3)8-6-7-9(14)4-5-10(15)11(7)17-12(8)16/h4-6H,1-3H3,(H2,16,17). The molecule has 1 aromatic heterocycles. The number of rotatable bonds is 0. The summed E-state index contributed by atoms with van der Waals surface area (Å²) in [5, 5.41) is 0.754. The van der Waals surface area contributed by atoms with Gasteiger partial charge >= 0.3 is 0 Å². The molecule has 4 heteroatoms. The van der Waals surface area contributed by atoms with Crippen molar-refractivity contribution in [3.63, 3.8) is 0 Å². The third-order valence-corrected chi connectivity index (χ3v) is 3.41. The largest absolute Gasteiger partial charge is 0.383 e. The number of hydrogen-bond donors (Lipinski definition) is 1. The lowest BCUT2D eigenvalue weighted by Crippen LogP contribution is -2.15. The van der Waals surface area contributed by atoms with Gasteiger partial charge in [0.25, 0.3) is 0 Å². The summed E-state index contributed by atoms with van der Waals surface area (Å²) in [7, 11) is 0. The number of fused-ring (bicyclic) bond motifs is 1. The van der Waals surface area contributed by atoms with Gasteiger partial charge in [0.15, 0.2) is 0 Å². The quantitative estimate of drug-likeness (QED) is 0.797. The van der Waals surface area contributed by atoms with Crippen molar-refractivity contribution in [3.8, 4) is 0 Å². The Balaban J connectivity index is 2.85. The zero-order valence-electron chi connectivity index (χ0n) is 10.0. The van der Waals surface area contributed by atoms with E-state index in [9.17, 15) is 4.39 Å². The number of hydrogen-bond acceptors (Lipinski definition) is 2. The van der Waals surface area contributed by atoms with Crippen LogP contribution in [0.3, 0.4) is 0 Å². The summed E-state index contributed by atoms with van der Waals surface area (Å²) in [4.78, 5) is 4.18. The first-order valence-corrected chi connectivity index (χ1v) is 6.14. The van der Waals surface area contributed by atoms with Crippen molar-refractivity contribution in [1.82, 2.24) is 4.98 Å². The SMILES string of the molecule is CC(C)(C)c1cc2c(Br)ccc(F)c2nc1N. The Labute approximate surface area is 108 Å². The molecule has 0 bridgehead atoms. The number of nitrogen functional groups attached to an aromatic ring is 1. The van der Waals surface area contributed by atoms with Crippen molar-refractivity contribution >= 4 is 32.7 Å². The molecule has 90 valence electrons. The number of nitrogens with two attached hydrogens (primary N) is 1. The third kappa shape index (κ3) is 2.14. The minimum atomic E-state index is -0.352. The van der Waals surface area contributed by atoms with Crippen molar-refractivity contribution in [2.24, 2.45) is 0 Å². The van der Waals surface area contributed by atoms with E-state index in [0.29, 0.717) is 11.3 Å². The second-order valence-electron chi connectivity index (χ2n) is 5.10. The molecule has 2 rings (SSSR count). The lowest BCUT2D eigenvalue weighted by molar-refractivity contribution is 0.590. The summed E-state index contributed by atoms with van der Waals surface area (Å²) in [6, 6.07) is 4.97. The van der Waals surface area contributed by atoms with E-state index < -0.39 is 0 Å². The summed E-state index contributed by atoms with van der Waals surface area (Å²) in [5.74, 6) is 0.0392. The zero-order chi connectivity index (χ0) is 12.8. The Hall–Kier alpha value is -1.16. The molecule has 0 fully saturated rings. The molecule has 17 heavy (non-hydrogen) atoms. The van der Waals surface area contributed by atoms with Crippen LogP contribution in [0, 0.1) is 5.82 Å². The Morgan fingerprint density at radius 2 is 1.94 bits per heavy atom.